The Kier molecular flexibility index (Phi) is 6.76. The van der Waals surface area contributed by atoms with Crippen LogP contribution in [-0.2, 0) is 0 Å². The maximum atomic E-state index is 4.56. The van der Waals surface area contributed by atoms with Crippen molar-refractivity contribution in [1.82, 2.24) is 9.97 Å². The van der Waals surface area contributed by atoms with Crippen molar-refractivity contribution in [2.45, 2.75) is 65.8 Å². The molecule has 1 aromatic heterocycles. The SMILES string of the molecule is CCCNc1ncnc(N(C)C(CC)CC)c1C(C)C. The number of nitrogens with one attached hydrogen (secondary N) is 1. The van der Waals surface area contributed by atoms with E-state index in [4.69, 9.17) is 0 Å². The van der Waals surface area contributed by atoms with Crippen molar-refractivity contribution in [3.8, 4) is 0 Å². The van der Waals surface area contributed by atoms with E-state index in [-0.39, 0.29) is 0 Å². The van der Waals surface area contributed by atoms with Gasteiger partial charge in [-0.25, -0.2) is 9.97 Å². The zero-order valence-electron chi connectivity index (χ0n) is 13.9. The highest BCUT2D eigenvalue weighted by Crippen LogP contribution is 2.31. The lowest BCUT2D eigenvalue weighted by atomic mass is 10.0. The van der Waals surface area contributed by atoms with Gasteiger partial charge in [0.2, 0.25) is 0 Å². The molecule has 114 valence electrons. The molecule has 0 bridgehead atoms. The van der Waals surface area contributed by atoms with Gasteiger partial charge in [0.25, 0.3) is 0 Å². The van der Waals surface area contributed by atoms with Crippen LogP contribution in [0.5, 0.6) is 0 Å². The van der Waals surface area contributed by atoms with Crippen LogP contribution in [-0.4, -0.2) is 29.6 Å². The molecule has 0 aromatic carbocycles. The Morgan fingerprint density at radius 3 is 2.30 bits per heavy atom. The smallest absolute Gasteiger partial charge is 0.137 e. The van der Waals surface area contributed by atoms with E-state index in [0.29, 0.717) is 12.0 Å². The molecule has 4 heteroatoms. The largest absolute Gasteiger partial charge is 0.370 e. The van der Waals surface area contributed by atoms with Gasteiger partial charge in [-0.15, -0.1) is 0 Å². The maximum Gasteiger partial charge on any atom is 0.137 e. The van der Waals surface area contributed by atoms with E-state index in [1.54, 1.807) is 6.33 Å². The molecular weight excluding hydrogens is 248 g/mol. The Morgan fingerprint density at radius 1 is 1.15 bits per heavy atom. The van der Waals surface area contributed by atoms with Crippen LogP contribution in [0.2, 0.25) is 0 Å². The standard InChI is InChI=1S/C16H30N4/c1-7-10-17-15-14(12(4)5)16(19-11-18-15)20(6)13(8-2)9-3/h11-13H,7-10H2,1-6H3,(H,17,18,19). The molecule has 0 fully saturated rings. The van der Waals surface area contributed by atoms with E-state index in [1.807, 2.05) is 0 Å². The molecule has 1 rings (SSSR count). The summed E-state index contributed by atoms with van der Waals surface area (Å²) < 4.78 is 0. The van der Waals surface area contributed by atoms with Crippen LogP contribution in [0.4, 0.5) is 11.6 Å². The van der Waals surface area contributed by atoms with Gasteiger partial charge in [0, 0.05) is 25.2 Å². The maximum absolute atomic E-state index is 4.56. The topological polar surface area (TPSA) is 41.1 Å². The number of aromatic nitrogens is 2. The molecule has 1 heterocycles. The average Bonchev–Trinajstić information content (AvgIpc) is 2.45. The molecule has 20 heavy (non-hydrogen) atoms. The molecule has 1 aromatic rings. The first-order valence-corrected chi connectivity index (χ1v) is 7.88. The molecule has 0 radical (unpaired) electrons. The lowest BCUT2D eigenvalue weighted by molar-refractivity contribution is 0.582. The predicted molar refractivity (Wildman–Crippen MR) is 87.7 cm³/mol. The number of hydrogen-bond donors (Lipinski definition) is 1. The molecule has 0 spiro atoms. The van der Waals surface area contributed by atoms with Crippen LogP contribution in [0.3, 0.4) is 0 Å². The molecule has 0 atom stereocenters. The van der Waals surface area contributed by atoms with Crippen molar-refractivity contribution in [1.29, 1.82) is 0 Å². The molecule has 4 nitrogen and oxygen atoms in total. The summed E-state index contributed by atoms with van der Waals surface area (Å²) in [6.45, 7) is 12.0. The van der Waals surface area contributed by atoms with Gasteiger partial charge in [-0.3, -0.25) is 0 Å². The third-order valence-electron chi connectivity index (χ3n) is 3.81. The summed E-state index contributed by atoms with van der Waals surface area (Å²) in [7, 11) is 2.15. The summed E-state index contributed by atoms with van der Waals surface area (Å²) in [5.41, 5.74) is 1.23. The van der Waals surface area contributed by atoms with Crippen LogP contribution in [0.25, 0.3) is 0 Å². The minimum absolute atomic E-state index is 0.405. The number of rotatable bonds is 8. The Labute approximate surface area is 124 Å². The number of hydrogen-bond acceptors (Lipinski definition) is 4. The van der Waals surface area contributed by atoms with E-state index >= 15 is 0 Å². The predicted octanol–water partition coefficient (Wildman–Crippen LogP) is 4.05. The van der Waals surface area contributed by atoms with E-state index in [0.717, 1.165) is 37.4 Å². The Morgan fingerprint density at radius 2 is 1.80 bits per heavy atom. The Bertz CT molecular complexity index is 399. The monoisotopic (exact) mass is 278 g/mol. The van der Waals surface area contributed by atoms with Crippen molar-refractivity contribution >= 4 is 11.6 Å². The first kappa shape index (κ1) is 16.7. The van der Waals surface area contributed by atoms with E-state index in [9.17, 15) is 0 Å². The fourth-order valence-corrected chi connectivity index (χ4v) is 2.59. The molecule has 0 aliphatic carbocycles. The zero-order chi connectivity index (χ0) is 15.1. The van der Waals surface area contributed by atoms with Gasteiger partial charge in [-0.2, -0.15) is 0 Å². The lowest BCUT2D eigenvalue weighted by Crippen LogP contribution is -2.32. The molecule has 0 aliphatic heterocycles. The van der Waals surface area contributed by atoms with E-state index in [2.05, 4.69) is 61.9 Å². The van der Waals surface area contributed by atoms with Gasteiger partial charge in [-0.1, -0.05) is 34.6 Å². The highest BCUT2D eigenvalue weighted by atomic mass is 15.2. The van der Waals surface area contributed by atoms with E-state index in [1.165, 1.54) is 5.56 Å². The van der Waals surface area contributed by atoms with Crippen LogP contribution >= 0.6 is 0 Å². The summed E-state index contributed by atoms with van der Waals surface area (Å²) in [6, 6.07) is 0.529. The minimum Gasteiger partial charge on any atom is -0.370 e. The average molecular weight is 278 g/mol. The summed E-state index contributed by atoms with van der Waals surface area (Å²) >= 11 is 0. The fraction of sp³-hybridized carbons (Fsp3) is 0.750. The molecule has 0 saturated carbocycles. The number of anilines is 2. The van der Waals surface area contributed by atoms with Crippen LogP contribution < -0.4 is 10.2 Å². The number of nitrogens with zero attached hydrogens (tertiary/aromatic N) is 3. The summed E-state index contributed by atoms with van der Waals surface area (Å²) in [5.74, 6) is 2.47. The third-order valence-corrected chi connectivity index (χ3v) is 3.81. The van der Waals surface area contributed by atoms with Crippen molar-refractivity contribution in [3.05, 3.63) is 11.9 Å². The quantitative estimate of drug-likeness (QED) is 0.779. The van der Waals surface area contributed by atoms with E-state index < -0.39 is 0 Å². The summed E-state index contributed by atoms with van der Waals surface area (Å²) in [5, 5.41) is 3.44. The zero-order valence-corrected chi connectivity index (χ0v) is 13.9. The van der Waals surface area contributed by atoms with Crippen molar-refractivity contribution in [3.63, 3.8) is 0 Å². The first-order valence-electron chi connectivity index (χ1n) is 7.88. The highest BCUT2D eigenvalue weighted by Gasteiger charge is 2.21. The minimum atomic E-state index is 0.405. The normalized spacial score (nSPS) is 11.2. The third kappa shape index (κ3) is 3.84. The molecule has 0 unspecified atom stereocenters. The molecule has 0 aliphatic rings. The Balaban J connectivity index is 3.17. The van der Waals surface area contributed by atoms with Crippen LogP contribution in [0.15, 0.2) is 6.33 Å². The molecule has 1 N–H and O–H groups in total. The van der Waals surface area contributed by atoms with Crippen molar-refractivity contribution < 1.29 is 0 Å². The highest BCUT2D eigenvalue weighted by molar-refractivity contribution is 5.60. The second-order valence-electron chi connectivity index (χ2n) is 5.62. The van der Waals surface area contributed by atoms with Crippen molar-refractivity contribution in [2.75, 3.05) is 23.8 Å². The van der Waals surface area contributed by atoms with Gasteiger partial charge in [0.1, 0.15) is 18.0 Å². The van der Waals surface area contributed by atoms with Gasteiger partial charge in [-0.05, 0) is 25.2 Å². The molecule has 0 saturated heterocycles. The van der Waals surface area contributed by atoms with Gasteiger partial charge in [0.15, 0.2) is 0 Å². The van der Waals surface area contributed by atoms with Gasteiger partial charge < -0.3 is 10.2 Å². The van der Waals surface area contributed by atoms with Gasteiger partial charge in [0.05, 0.1) is 0 Å². The molecule has 0 amide bonds. The van der Waals surface area contributed by atoms with Crippen molar-refractivity contribution in [2.24, 2.45) is 0 Å². The lowest BCUT2D eigenvalue weighted by Gasteiger charge is -2.30. The summed E-state index contributed by atoms with van der Waals surface area (Å²) in [6.07, 6.45) is 5.04. The second-order valence-corrected chi connectivity index (χ2v) is 5.62. The van der Waals surface area contributed by atoms with Crippen LogP contribution in [0.1, 0.15) is 65.4 Å². The Hall–Kier alpha value is -1.32. The van der Waals surface area contributed by atoms with Gasteiger partial charge >= 0.3 is 0 Å². The molecular formula is C16H30N4. The fourth-order valence-electron chi connectivity index (χ4n) is 2.59. The first-order chi connectivity index (χ1) is 9.56. The summed E-state index contributed by atoms with van der Waals surface area (Å²) in [4.78, 5) is 11.3. The van der Waals surface area contributed by atoms with Crippen LogP contribution in [0, 0.1) is 0 Å². The second kappa shape index (κ2) is 8.08.